The summed E-state index contributed by atoms with van der Waals surface area (Å²) in [5.41, 5.74) is 2.26. The Hall–Kier alpha value is -2.05. The van der Waals surface area contributed by atoms with Crippen molar-refractivity contribution in [1.82, 2.24) is 14.8 Å². The van der Waals surface area contributed by atoms with Gasteiger partial charge >= 0.3 is 0 Å². The van der Waals surface area contributed by atoms with Crippen LogP contribution in [0.15, 0.2) is 22.6 Å². The molecule has 0 atom stereocenters. The molecular weight excluding hydrogens is 306 g/mol. The standard InChI is InChI=1S/C18H23N3O3/c1-13-14(2)24-18(19-13)11-21-7-5-20(6-8-21)10-15-3-4-16-17(9-15)23-12-22-16/h3-4,9H,5-8,10-12H2,1-2H3. The first-order chi connectivity index (χ1) is 11.7. The zero-order valence-electron chi connectivity index (χ0n) is 14.2. The van der Waals surface area contributed by atoms with Crippen LogP contribution in [-0.2, 0) is 13.1 Å². The third kappa shape index (κ3) is 3.25. The minimum Gasteiger partial charge on any atom is -0.454 e. The molecule has 2 aliphatic heterocycles. The molecule has 1 aromatic heterocycles. The van der Waals surface area contributed by atoms with Gasteiger partial charge in [0, 0.05) is 32.7 Å². The quantitative estimate of drug-likeness (QED) is 0.858. The number of rotatable bonds is 4. The molecule has 0 saturated carbocycles. The number of benzene rings is 1. The predicted molar refractivity (Wildman–Crippen MR) is 89.1 cm³/mol. The van der Waals surface area contributed by atoms with E-state index in [0.29, 0.717) is 6.79 Å². The molecule has 1 aromatic carbocycles. The lowest BCUT2D eigenvalue weighted by Crippen LogP contribution is -2.45. The molecule has 6 nitrogen and oxygen atoms in total. The van der Waals surface area contributed by atoms with Gasteiger partial charge in [0.15, 0.2) is 11.5 Å². The van der Waals surface area contributed by atoms with E-state index in [9.17, 15) is 0 Å². The summed E-state index contributed by atoms with van der Waals surface area (Å²) < 4.78 is 16.5. The fourth-order valence-electron chi connectivity index (χ4n) is 3.20. The van der Waals surface area contributed by atoms with Gasteiger partial charge < -0.3 is 13.9 Å². The van der Waals surface area contributed by atoms with E-state index in [1.807, 2.05) is 19.9 Å². The summed E-state index contributed by atoms with van der Waals surface area (Å²) in [5, 5.41) is 0. The largest absolute Gasteiger partial charge is 0.454 e. The van der Waals surface area contributed by atoms with Gasteiger partial charge in [-0.3, -0.25) is 9.80 Å². The number of hydrogen-bond donors (Lipinski definition) is 0. The predicted octanol–water partition coefficient (Wildman–Crippen LogP) is 2.34. The van der Waals surface area contributed by atoms with Gasteiger partial charge in [-0.15, -0.1) is 0 Å². The average Bonchev–Trinajstić information content (AvgIpc) is 3.15. The molecule has 6 heteroatoms. The summed E-state index contributed by atoms with van der Waals surface area (Å²) >= 11 is 0. The molecule has 0 aliphatic carbocycles. The monoisotopic (exact) mass is 329 g/mol. The van der Waals surface area contributed by atoms with E-state index in [2.05, 4.69) is 26.9 Å². The van der Waals surface area contributed by atoms with Gasteiger partial charge in [0.05, 0.1) is 12.2 Å². The molecule has 0 spiro atoms. The SMILES string of the molecule is Cc1nc(CN2CCN(Cc3ccc4c(c3)OCO4)CC2)oc1C. The fraction of sp³-hybridized carbons (Fsp3) is 0.500. The first-order valence-corrected chi connectivity index (χ1v) is 8.43. The highest BCUT2D eigenvalue weighted by molar-refractivity contribution is 5.44. The minimum absolute atomic E-state index is 0.331. The molecule has 0 N–H and O–H groups in total. The summed E-state index contributed by atoms with van der Waals surface area (Å²) in [6.45, 7) is 10.2. The number of aromatic nitrogens is 1. The minimum atomic E-state index is 0.331. The molecule has 24 heavy (non-hydrogen) atoms. The third-order valence-corrected chi connectivity index (χ3v) is 4.74. The fourth-order valence-corrected chi connectivity index (χ4v) is 3.20. The Bertz CT molecular complexity index is 701. The Morgan fingerprint density at radius 3 is 2.38 bits per heavy atom. The maximum absolute atomic E-state index is 5.69. The second-order valence-electron chi connectivity index (χ2n) is 6.49. The van der Waals surface area contributed by atoms with E-state index in [1.54, 1.807) is 0 Å². The van der Waals surface area contributed by atoms with Crippen LogP contribution in [-0.4, -0.2) is 47.8 Å². The lowest BCUT2D eigenvalue weighted by atomic mass is 10.1. The molecule has 1 fully saturated rings. The maximum atomic E-state index is 5.69. The number of ether oxygens (including phenoxy) is 2. The zero-order chi connectivity index (χ0) is 16.5. The van der Waals surface area contributed by atoms with Gasteiger partial charge in [0.25, 0.3) is 0 Å². The van der Waals surface area contributed by atoms with Gasteiger partial charge in [-0.05, 0) is 31.5 Å². The average molecular weight is 329 g/mol. The van der Waals surface area contributed by atoms with E-state index in [4.69, 9.17) is 13.9 Å². The molecule has 0 radical (unpaired) electrons. The van der Waals surface area contributed by atoms with Crippen LogP contribution in [0.5, 0.6) is 11.5 Å². The van der Waals surface area contributed by atoms with Crippen LogP contribution in [0, 0.1) is 13.8 Å². The summed E-state index contributed by atoms with van der Waals surface area (Å²) in [4.78, 5) is 9.35. The summed E-state index contributed by atoms with van der Waals surface area (Å²) in [6, 6.07) is 6.21. The van der Waals surface area contributed by atoms with E-state index < -0.39 is 0 Å². The van der Waals surface area contributed by atoms with Crippen LogP contribution in [0.3, 0.4) is 0 Å². The van der Waals surface area contributed by atoms with Gasteiger partial charge in [-0.2, -0.15) is 0 Å². The van der Waals surface area contributed by atoms with Crippen LogP contribution in [0.25, 0.3) is 0 Å². The lowest BCUT2D eigenvalue weighted by molar-refractivity contribution is 0.114. The first-order valence-electron chi connectivity index (χ1n) is 8.43. The Morgan fingerprint density at radius 1 is 0.958 bits per heavy atom. The number of hydrogen-bond acceptors (Lipinski definition) is 6. The van der Waals surface area contributed by atoms with Crippen LogP contribution in [0.4, 0.5) is 0 Å². The van der Waals surface area contributed by atoms with Crippen molar-refractivity contribution < 1.29 is 13.9 Å². The van der Waals surface area contributed by atoms with Crippen molar-refractivity contribution in [3.8, 4) is 11.5 Å². The first kappa shape index (κ1) is 15.5. The van der Waals surface area contributed by atoms with Crippen molar-refractivity contribution in [1.29, 1.82) is 0 Å². The summed E-state index contributed by atoms with van der Waals surface area (Å²) in [7, 11) is 0. The highest BCUT2D eigenvalue weighted by Gasteiger charge is 2.20. The van der Waals surface area contributed by atoms with Crippen molar-refractivity contribution in [2.45, 2.75) is 26.9 Å². The Morgan fingerprint density at radius 2 is 1.67 bits per heavy atom. The second kappa shape index (κ2) is 6.45. The van der Waals surface area contributed by atoms with Crippen molar-refractivity contribution in [2.75, 3.05) is 33.0 Å². The Labute approximate surface area is 142 Å². The lowest BCUT2D eigenvalue weighted by Gasteiger charge is -2.34. The van der Waals surface area contributed by atoms with Crippen LogP contribution < -0.4 is 9.47 Å². The van der Waals surface area contributed by atoms with E-state index in [0.717, 1.165) is 68.1 Å². The van der Waals surface area contributed by atoms with Crippen molar-refractivity contribution >= 4 is 0 Å². The second-order valence-corrected chi connectivity index (χ2v) is 6.49. The number of piperazine rings is 1. The third-order valence-electron chi connectivity index (χ3n) is 4.74. The smallest absolute Gasteiger partial charge is 0.231 e. The van der Waals surface area contributed by atoms with E-state index >= 15 is 0 Å². The number of fused-ring (bicyclic) bond motifs is 1. The van der Waals surface area contributed by atoms with Gasteiger partial charge in [-0.25, -0.2) is 4.98 Å². The molecule has 3 heterocycles. The van der Waals surface area contributed by atoms with Gasteiger partial charge in [0.1, 0.15) is 5.76 Å². The van der Waals surface area contributed by atoms with Crippen molar-refractivity contribution in [2.24, 2.45) is 0 Å². The molecule has 2 aliphatic rings. The Balaban J connectivity index is 1.30. The van der Waals surface area contributed by atoms with Gasteiger partial charge in [-0.1, -0.05) is 6.07 Å². The van der Waals surface area contributed by atoms with Gasteiger partial charge in [0.2, 0.25) is 12.7 Å². The molecule has 0 bridgehead atoms. The Kier molecular flexibility index (Phi) is 4.16. The van der Waals surface area contributed by atoms with Crippen LogP contribution >= 0.6 is 0 Å². The zero-order valence-corrected chi connectivity index (χ0v) is 14.2. The number of oxazole rings is 1. The van der Waals surface area contributed by atoms with E-state index in [1.165, 1.54) is 5.56 Å². The van der Waals surface area contributed by atoms with Crippen molar-refractivity contribution in [3.63, 3.8) is 0 Å². The summed E-state index contributed by atoms with van der Waals surface area (Å²) in [5.74, 6) is 3.46. The van der Waals surface area contributed by atoms with Crippen molar-refractivity contribution in [3.05, 3.63) is 41.1 Å². The molecule has 2 aromatic rings. The molecular formula is C18H23N3O3. The maximum Gasteiger partial charge on any atom is 0.231 e. The number of nitrogens with zero attached hydrogens (tertiary/aromatic N) is 3. The number of aryl methyl sites for hydroxylation is 2. The molecule has 128 valence electrons. The normalized spacial score (nSPS) is 18.2. The van der Waals surface area contributed by atoms with Crippen LogP contribution in [0.2, 0.25) is 0 Å². The van der Waals surface area contributed by atoms with Crippen LogP contribution in [0.1, 0.15) is 22.9 Å². The topological polar surface area (TPSA) is 51.0 Å². The highest BCUT2D eigenvalue weighted by Crippen LogP contribution is 2.32. The molecule has 4 rings (SSSR count). The molecule has 0 unspecified atom stereocenters. The molecule has 1 saturated heterocycles. The molecule has 0 amide bonds. The highest BCUT2D eigenvalue weighted by atomic mass is 16.7. The summed E-state index contributed by atoms with van der Waals surface area (Å²) in [6.07, 6.45) is 0. The van der Waals surface area contributed by atoms with E-state index in [-0.39, 0.29) is 0 Å².